The van der Waals surface area contributed by atoms with Crippen molar-refractivity contribution in [1.29, 1.82) is 0 Å². The molecular formula is C35H43N5O7S2. The lowest BCUT2D eigenvalue weighted by Crippen LogP contribution is -2.53. The second kappa shape index (κ2) is 13.2. The molecule has 5 aliphatic rings. The van der Waals surface area contributed by atoms with Gasteiger partial charge in [-0.15, -0.1) is 0 Å². The summed E-state index contributed by atoms with van der Waals surface area (Å²) < 4.78 is 25.1. The fourth-order valence-electron chi connectivity index (χ4n) is 7.26. The molecule has 1 fully saturated rings. The van der Waals surface area contributed by atoms with E-state index in [1.165, 1.54) is 6.07 Å². The van der Waals surface area contributed by atoms with E-state index >= 15 is 0 Å². The normalized spacial score (nSPS) is 30.2. The van der Waals surface area contributed by atoms with Crippen LogP contribution in [0.15, 0.2) is 67.9 Å². The molecule has 12 nitrogen and oxygen atoms in total. The van der Waals surface area contributed by atoms with Crippen LogP contribution in [0.2, 0.25) is 0 Å². The van der Waals surface area contributed by atoms with Gasteiger partial charge in [0.1, 0.15) is 45.8 Å². The highest BCUT2D eigenvalue weighted by Gasteiger charge is 2.63. The van der Waals surface area contributed by atoms with Gasteiger partial charge in [-0.25, -0.2) is 4.79 Å². The largest absolute Gasteiger partial charge is 0.507 e. The van der Waals surface area contributed by atoms with E-state index in [2.05, 4.69) is 28.1 Å². The number of hydrogen-bond donors (Lipinski definition) is 6. The number of carbonyl (C=O) groups is 1. The van der Waals surface area contributed by atoms with Crippen LogP contribution in [0.5, 0.6) is 11.5 Å². The van der Waals surface area contributed by atoms with Crippen molar-refractivity contribution < 1.29 is 28.5 Å². The molecule has 0 aliphatic carbocycles. The number of dihydropyridines is 2. The van der Waals surface area contributed by atoms with Crippen LogP contribution in [0.4, 0.5) is 0 Å². The quantitative estimate of drug-likeness (QED) is 0.155. The molecule has 1 aromatic heterocycles. The number of nitrogens with one attached hydrogen (secondary N) is 3. The van der Waals surface area contributed by atoms with Crippen LogP contribution >= 0.6 is 21.6 Å². The number of phenols is 1. The van der Waals surface area contributed by atoms with E-state index in [4.69, 9.17) is 30.1 Å². The van der Waals surface area contributed by atoms with Gasteiger partial charge in [0, 0.05) is 60.6 Å². The number of epoxide rings is 1. The minimum absolute atomic E-state index is 0.0782. The van der Waals surface area contributed by atoms with E-state index in [-0.39, 0.29) is 40.7 Å². The molecule has 5 aliphatic heterocycles. The van der Waals surface area contributed by atoms with Crippen LogP contribution in [0.25, 0.3) is 11.0 Å². The number of benzene rings is 1. The zero-order chi connectivity index (χ0) is 34.5. The Bertz CT molecular complexity index is 1870. The molecule has 2 bridgehead atoms. The number of ether oxygens (including phenoxy) is 3. The monoisotopic (exact) mass is 709 g/mol. The first-order valence-electron chi connectivity index (χ1n) is 16.6. The molecular weight excluding hydrogens is 667 g/mol. The van der Waals surface area contributed by atoms with Crippen LogP contribution in [-0.4, -0.2) is 72.2 Å². The number of esters is 1. The summed E-state index contributed by atoms with van der Waals surface area (Å²) in [6.45, 7) is 4.80. The Morgan fingerprint density at radius 3 is 2.84 bits per heavy atom. The summed E-state index contributed by atoms with van der Waals surface area (Å²) >= 11 is 0. The first-order chi connectivity index (χ1) is 23.5. The third-order valence-electron chi connectivity index (χ3n) is 10.1. The standard InChI is InChI=1S/C35H43N5O7S2/c1-18-12-24(41)30-26(44-18)16-25-21(31(30)42)15-28-34(2,46-25)8-11-48-49-17-22-20(6-9-39-32(22)37)23-13-19(14-29(36)40-23)4-5-27-35(47-27,7-10-38-3)33(43)45-28/h6,12-14,16,23,27-28,38-40,42H,4-5,7-11,15,17,36-37H2,1-3H3. The van der Waals surface area contributed by atoms with Gasteiger partial charge < -0.3 is 51.2 Å². The maximum atomic E-state index is 14.2. The third kappa shape index (κ3) is 6.39. The van der Waals surface area contributed by atoms with Gasteiger partial charge in [-0.2, -0.15) is 0 Å². The summed E-state index contributed by atoms with van der Waals surface area (Å²) in [7, 11) is 5.21. The fourth-order valence-corrected chi connectivity index (χ4v) is 9.60. The lowest BCUT2D eigenvalue weighted by molar-refractivity contribution is -0.169. The minimum atomic E-state index is -1.12. The van der Waals surface area contributed by atoms with Crippen LogP contribution in [0, 0.1) is 6.92 Å². The smallest absolute Gasteiger partial charge is 0.341 e. The average Bonchev–Trinajstić information content (AvgIpc) is 3.77. The number of rotatable bonds is 3. The van der Waals surface area contributed by atoms with E-state index in [1.807, 2.05) is 20.0 Å². The molecule has 5 unspecified atom stereocenters. The van der Waals surface area contributed by atoms with Crippen LogP contribution < -0.4 is 37.6 Å². The van der Waals surface area contributed by atoms with Crippen molar-refractivity contribution in [3.8, 4) is 11.5 Å². The summed E-state index contributed by atoms with van der Waals surface area (Å²) in [5, 5.41) is 21.3. The SMILES string of the molecule is CNCCC12OC1CCC1=CC(NC(N)=C1)C1=CCNC(N)=C1CSSCCC1(C)Oc3cc4oc(C)cc(=O)c4c(O)c3CC1OC2=O. The number of carbonyl (C=O) groups excluding carboxylic acids is 1. The highest BCUT2D eigenvalue weighted by molar-refractivity contribution is 8.76. The first kappa shape index (κ1) is 33.8. The Morgan fingerprint density at radius 1 is 1.18 bits per heavy atom. The molecule has 2 aromatic rings. The van der Waals surface area contributed by atoms with E-state index in [0.717, 1.165) is 16.7 Å². The third-order valence-corrected chi connectivity index (χ3v) is 12.4. The Labute approximate surface area is 292 Å². The Morgan fingerprint density at radius 2 is 2.02 bits per heavy atom. The summed E-state index contributed by atoms with van der Waals surface area (Å²) in [6.07, 6.45) is 7.54. The molecule has 1 aromatic carbocycles. The second-order valence-corrected chi connectivity index (χ2v) is 16.0. The lowest BCUT2D eigenvalue weighted by atomic mass is 9.86. The van der Waals surface area contributed by atoms with Gasteiger partial charge in [-0.1, -0.05) is 33.7 Å². The van der Waals surface area contributed by atoms with Crippen LogP contribution in [0.3, 0.4) is 0 Å². The number of nitrogens with two attached hydrogens (primary N) is 2. The number of fused-ring (bicyclic) bond motifs is 7. The van der Waals surface area contributed by atoms with E-state index in [1.54, 1.807) is 34.6 Å². The zero-order valence-electron chi connectivity index (χ0n) is 27.9. The number of hydrogen-bond acceptors (Lipinski definition) is 14. The van der Waals surface area contributed by atoms with E-state index < -0.39 is 23.3 Å². The molecule has 49 heavy (non-hydrogen) atoms. The summed E-state index contributed by atoms with van der Waals surface area (Å²) in [5.74, 6) is 2.74. The van der Waals surface area contributed by atoms with Crippen LogP contribution in [-0.2, 0) is 20.7 Å². The Kier molecular flexibility index (Phi) is 9.09. The molecule has 8 N–H and O–H groups in total. The van der Waals surface area contributed by atoms with Crippen molar-refractivity contribution in [2.24, 2.45) is 11.5 Å². The Hall–Kier alpha value is -3.72. The first-order valence-corrected chi connectivity index (χ1v) is 19.1. The van der Waals surface area contributed by atoms with Crippen LogP contribution in [0.1, 0.15) is 43.9 Å². The van der Waals surface area contributed by atoms with Crippen molar-refractivity contribution in [3.63, 3.8) is 0 Å². The van der Waals surface area contributed by atoms with Crippen molar-refractivity contribution in [3.05, 3.63) is 80.3 Å². The lowest BCUT2D eigenvalue weighted by Gasteiger charge is -2.42. The maximum Gasteiger partial charge on any atom is 0.341 e. The molecule has 0 radical (unpaired) electrons. The minimum Gasteiger partial charge on any atom is -0.507 e. The molecule has 0 amide bonds. The topological polar surface area (TPSA) is 187 Å². The van der Waals surface area contributed by atoms with Gasteiger partial charge in [0.25, 0.3) is 0 Å². The van der Waals surface area contributed by atoms with Gasteiger partial charge in [0.05, 0.1) is 18.0 Å². The highest BCUT2D eigenvalue weighted by Crippen LogP contribution is 2.48. The maximum absolute atomic E-state index is 14.2. The Balaban J connectivity index is 1.23. The summed E-state index contributed by atoms with van der Waals surface area (Å²) in [6, 6.07) is 2.87. The van der Waals surface area contributed by atoms with Crippen molar-refractivity contribution in [2.75, 3.05) is 31.6 Å². The summed E-state index contributed by atoms with van der Waals surface area (Å²) in [4.78, 5) is 27.1. The van der Waals surface area contributed by atoms with Gasteiger partial charge in [-0.3, -0.25) is 4.79 Å². The molecule has 0 spiro atoms. The predicted octanol–water partition coefficient (Wildman–Crippen LogP) is 3.12. The van der Waals surface area contributed by atoms with Crippen molar-refractivity contribution in [2.45, 2.75) is 75.4 Å². The fraction of sp³-hybridized carbons (Fsp3) is 0.486. The number of phenolic OH excluding ortho intramolecular Hbond substituents is 1. The van der Waals surface area contributed by atoms with Crippen molar-refractivity contribution >= 4 is 38.5 Å². The van der Waals surface area contributed by atoms with E-state index in [0.29, 0.717) is 79.0 Å². The molecule has 0 saturated carbocycles. The van der Waals surface area contributed by atoms with E-state index in [9.17, 15) is 14.7 Å². The van der Waals surface area contributed by atoms with Gasteiger partial charge in [0.15, 0.2) is 11.0 Å². The zero-order valence-corrected chi connectivity index (χ0v) is 29.5. The predicted molar refractivity (Wildman–Crippen MR) is 191 cm³/mol. The van der Waals surface area contributed by atoms with Gasteiger partial charge in [-0.05, 0) is 57.5 Å². The molecule has 14 heteroatoms. The summed E-state index contributed by atoms with van der Waals surface area (Å²) in [5.41, 5.74) is 14.3. The highest BCUT2D eigenvalue weighted by atomic mass is 33.1. The van der Waals surface area contributed by atoms with Gasteiger partial charge >= 0.3 is 5.97 Å². The number of aromatic hydroxyl groups is 1. The average molecular weight is 710 g/mol. The number of aryl methyl sites for hydroxylation is 1. The molecule has 1 saturated heterocycles. The molecule has 6 heterocycles. The molecule has 5 atom stereocenters. The van der Waals surface area contributed by atoms with Gasteiger partial charge in [0.2, 0.25) is 0 Å². The molecule has 262 valence electrons. The van der Waals surface area contributed by atoms with Crippen molar-refractivity contribution in [1.82, 2.24) is 16.0 Å². The second-order valence-electron chi connectivity index (χ2n) is 13.4. The number of allylic oxidation sites excluding steroid dienone is 2. The molecule has 7 rings (SSSR count).